The topological polar surface area (TPSA) is 67.3 Å². The molecule has 1 heterocycles. The van der Waals surface area contributed by atoms with Crippen LogP contribution in [0.15, 0.2) is 6.07 Å². The van der Waals surface area contributed by atoms with Crippen LogP contribution in [0.2, 0.25) is 5.15 Å². The maximum Gasteiger partial charge on any atom is 0.158 e. The maximum absolute atomic E-state index is 8.61. The molecular formula is C8H12ClN3O2. The van der Waals surface area contributed by atoms with Gasteiger partial charge in [-0.25, -0.2) is 9.97 Å². The number of hydrogen-bond acceptors (Lipinski definition) is 5. The molecule has 78 valence electrons. The lowest BCUT2D eigenvalue weighted by Crippen LogP contribution is -2.09. The quantitative estimate of drug-likeness (QED) is 0.710. The number of anilines is 1. The summed E-state index contributed by atoms with van der Waals surface area (Å²) in [5, 5.41) is 11.9. The Morgan fingerprint density at radius 2 is 2.36 bits per heavy atom. The maximum atomic E-state index is 8.61. The highest BCUT2D eigenvalue weighted by Crippen LogP contribution is 2.11. The predicted molar refractivity (Wildman–Crippen MR) is 53.3 cm³/mol. The lowest BCUT2D eigenvalue weighted by Gasteiger charge is -2.05. The van der Waals surface area contributed by atoms with Crippen molar-refractivity contribution in [3.63, 3.8) is 0 Å². The lowest BCUT2D eigenvalue weighted by molar-refractivity contribution is 0.178. The molecule has 0 radical (unpaired) electrons. The second-order valence-corrected chi connectivity index (χ2v) is 2.96. The van der Waals surface area contributed by atoms with Crippen molar-refractivity contribution in [3.05, 3.63) is 17.0 Å². The van der Waals surface area contributed by atoms with Gasteiger partial charge in [-0.1, -0.05) is 11.6 Å². The first-order valence-electron chi connectivity index (χ1n) is 4.13. The van der Waals surface area contributed by atoms with Crippen LogP contribution in [0.4, 0.5) is 5.82 Å². The highest BCUT2D eigenvalue weighted by atomic mass is 35.5. The summed E-state index contributed by atoms with van der Waals surface area (Å²) in [6, 6.07) is 1.59. The molecule has 0 bridgehead atoms. The molecule has 0 saturated heterocycles. The standard InChI is InChI=1S/C8H12ClN3O2/c1-14-5-8-11-6(9)4-7(12-8)10-2-3-13/h4,13H,2-3,5H2,1H3,(H,10,11,12). The van der Waals surface area contributed by atoms with Crippen molar-refractivity contribution in [1.29, 1.82) is 0 Å². The molecule has 0 fully saturated rings. The molecule has 0 aliphatic carbocycles. The van der Waals surface area contributed by atoms with Gasteiger partial charge in [0.2, 0.25) is 0 Å². The summed E-state index contributed by atoms with van der Waals surface area (Å²) in [6.07, 6.45) is 0. The van der Waals surface area contributed by atoms with Gasteiger partial charge >= 0.3 is 0 Å². The molecule has 0 spiro atoms. The van der Waals surface area contributed by atoms with Crippen molar-refractivity contribution >= 4 is 17.4 Å². The fourth-order valence-corrected chi connectivity index (χ4v) is 1.13. The molecule has 6 heteroatoms. The van der Waals surface area contributed by atoms with E-state index in [9.17, 15) is 0 Å². The SMILES string of the molecule is COCc1nc(Cl)cc(NCCO)n1. The van der Waals surface area contributed by atoms with Crippen LogP contribution in [0.3, 0.4) is 0 Å². The Bertz CT molecular complexity index is 296. The first-order chi connectivity index (χ1) is 6.76. The second-order valence-electron chi connectivity index (χ2n) is 2.58. The Labute approximate surface area is 87.1 Å². The highest BCUT2D eigenvalue weighted by Gasteiger charge is 2.01. The van der Waals surface area contributed by atoms with E-state index in [1.165, 1.54) is 0 Å². The van der Waals surface area contributed by atoms with E-state index in [4.69, 9.17) is 21.4 Å². The zero-order valence-corrected chi connectivity index (χ0v) is 8.58. The molecule has 1 aromatic rings. The minimum atomic E-state index is 0.0429. The van der Waals surface area contributed by atoms with Gasteiger partial charge < -0.3 is 15.2 Å². The monoisotopic (exact) mass is 217 g/mol. The fraction of sp³-hybridized carbons (Fsp3) is 0.500. The third-order valence-corrected chi connectivity index (χ3v) is 1.63. The third-order valence-electron chi connectivity index (χ3n) is 1.43. The van der Waals surface area contributed by atoms with Gasteiger partial charge in [0.05, 0.1) is 6.61 Å². The van der Waals surface area contributed by atoms with E-state index < -0.39 is 0 Å². The number of ether oxygens (including phenoxy) is 1. The van der Waals surface area contributed by atoms with Crippen LogP contribution in [0.1, 0.15) is 5.82 Å². The van der Waals surface area contributed by atoms with Crippen LogP contribution in [-0.2, 0) is 11.3 Å². The average Bonchev–Trinajstić information content (AvgIpc) is 2.14. The first kappa shape index (κ1) is 11.2. The van der Waals surface area contributed by atoms with Crippen LogP contribution in [0.25, 0.3) is 0 Å². The molecular weight excluding hydrogens is 206 g/mol. The zero-order valence-electron chi connectivity index (χ0n) is 7.83. The molecule has 5 nitrogen and oxygen atoms in total. The molecule has 0 aliphatic heterocycles. The fourth-order valence-electron chi connectivity index (χ4n) is 0.933. The summed E-state index contributed by atoms with van der Waals surface area (Å²) in [5.74, 6) is 1.10. The van der Waals surface area contributed by atoms with Gasteiger partial charge in [0.1, 0.15) is 17.6 Å². The number of nitrogens with one attached hydrogen (secondary N) is 1. The minimum absolute atomic E-state index is 0.0429. The lowest BCUT2D eigenvalue weighted by atomic mass is 10.5. The van der Waals surface area contributed by atoms with Gasteiger partial charge in [-0.15, -0.1) is 0 Å². The molecule has 0 aromatic carbocycles. The Hall–Kier alpha value is -0.910. The molecule has 14 heavy (non-hydrogen) atoms. The molecule has 0 saturated carbocycles. The van der Waals surface area contributed by atoms with E-state index in [0.717, 1.165) is 0 Å². The zero-order chi connectivity index (χ0) is 10.4. The van der Waals surface area contributed by atoms with Crippen LogP contribution in [0, 0.1) is 0 Å². The van der Waals surface area contributed by atoms with Gasteiger partial charge in [-0.2, -0.15) is 0 Å². The molecule has 0 aliphatic rings. The van der Waals surface area contributed by atoms with Crippen molar-refractivity contribution < 1.29 is 9.84 Å². The highest BCUT2D eigenvalue weighted by molar-refractivity contribution is 6.29. The largest absolute Gasteiger partial charge is 0.395 e. The van der Waals surface area contributed by atoms with Crippen molar-refractivity contribution in [2.24, 2.45) is 0 Å². The van der Waals surface area contributed by atoms with Crippen molar-refractivity contribution in [3.8, 4) is 0 Å². The average molecular weight is 218 g/mol. The number of rotatable bonds is 5. The van der Waals surface area contributed by atoms with E-state index in [2.05, 4.69) is 15.3 Å². The first-order valence-corrected chi connectivity index (χ1v) is 4.51. The second kappa shape index (κ2) is 5.74. The Balaban J connectivity index is 2.73. The summed E-state index contributed by atoms with van der Waals surface area (Å²) in [6.45, 7) is 0.787. The Morgan fingerprint density at radius 1 is 1.57 bits per heavy atom. The third kappa shape index (κ3) is 3.45. The summed E-state index contributed by atoms with van der Waals surface area (Å²) in [7, 11) is 1.56. The molecule has 0 unspecified atom stereocenters. The molecule has 1 aromatic heterocycles. The normalized spacial score (nSPS) is 10.2. The van der Waals surface area contributed by atoms with Gasteiger partial charge in [-0.3, -0.25) is 0 Å². The van der Waals surface area contributed by atoms with Gasteiger partial charge in [0, 0.05) is 19.7 Å². The minimum Gasteiger partial charge on any atom is -0.395 e. The number of halogens is 1. The number of aliphatic hydroxyl groups is 1. The van der Waals surface area contributed by atoms with Gasteiger partial charge in [-0.05, 0) is 0 Å². The van der Waals surface area contributed by atoms with Crippen LogP contribution in [-0.4, -0.2) is 35.3 Å². The van der Waals surface area contributed by atoms with Crippen LogP contribution < -0.4 is 5.32 Å². The molecule has 1 rings (SSSR count). The predicted octanol–water partition coefficient (Wildman–Crippen LogP) is 0.681. The smallest absolute Gasteiger partial charge is 0.158 e. The van der Waals surface area contributed by atoms with Crippen molar-refractivity contribution in [1.82, 2.24) is 9.97 Å². The Morgan fingerprint density at radius 3 is 3.00 bits per heavy atom. The molecule has 0 amide bonds. The van der Waals surface area contributed by atoms with E-state index >= 15 is 0 Å². The van der Waals surface area contributed by atoms with Crippen molar-refractivity contribution in [2.45, 2.75) is 6.61 Å². The van der Waals surface area contributed by atoms with Crippen LogP contribution >= 0.6 is 11.6 Å². The van der Waals surface area contributed by atoms with E-state index in [0.29, 0.717) is 29.9 Å². The van der Waals surface area contributed by atoms with Crippen molar-refractivity contribution in [2.75, 3.05) is 25.6 Å². The summed E-state index contributed by atoms with van der Waals surface area (Å²) < 4.78 is 4.88. The molecule has 0 atom stereocenters. The summed E-state index contributed by atoms with van der Waals surface area (Å²) in [4.78, 5) is 8.08. The number of methoxy groups -OCH3 is 1. The summed E-state index contributed by atoms with van der Waals surface area (Å²) in [5.41, 5.74) is 0. The van der Waals surface area contributed by atoms with E-state index in [1.807, 2.05) is 0 Å². The number of aliphatic hydroxyl groups excluding tert-OH is 1. The Kier molecular flexibility index (Phi) is 4.58. The van der Waals surface area contributed by atoms with Gasteiger partial charge in [0.25, 0.3) is 0 Å². The number of nitrogens with zero attached hydrogens (tertiary/aromatic N) is 2. The summed E-state index contributed by atoms with van der Waals surface area (Å²) >= 11 is 5.76. The number of aromatic nitrogens is 2. The van der Waals surface area contributed by atoms with E-state index in [-0.39, 0.29) is 6.61 Å². The molecule has 2 N–H and O–H groups in total. The number of hydrogen-bond donors (Lipinski definition) is 2. The van der Waals surface area contributed by atoms with E-state index in [1.54, 1.807) is 13.2 Å². The van der Waals surface area contributed by atoms with Crippen LogP contribution in [0.5, 0.6) is 0 Å². The van der Waals surface area contributed by atoms with Gasteiger partial charge in [0.15, 0.2) is 5.82 Å².